The number of hydrogen-bond acceptors (Lipinski definition) is 3. The average Bonchev–Trinajstić information content (AvgIpc) is 3.31. The number of carbonyl (C=O) groups is 2. The number of rotatable bonds is 5. The van der Waals surface area contributed by atoms with Crippen molar-refractivity contribution in [3.63, 3.8) is 0 Å². The molecule has 5 heteroatoms. The van der Waals surface area contributed by atoms with Crippen LogP contribution in [0.5, 0.6) is 0 Å². The summed E-state index contributed by atoms with van der Waals surface area (Å²) in [5.41, 5.74) is 1.38. The number of carbonyl (C=O) groups excluding carboxylic acids is 2. The number of amides is 2. The molecule has 0 aromatic rings. The van der Waals surface area contributed by atoms with E-state index in [9.17, 15) is 9.59 Å². The van der Waals surface area contributed by atoms with Gasteiger partial charge in [-0.05, 0) is 25.3 Å². The summed E-state index contributed by atoms with van der Waals surface area (Å²) in [7, 11) is 1.59. The summed E-state index contributed by atoms with van der Waals surface area (Å²) in [6.07, 6.45) is 10.1. The molecule has 2 amide bonds. The van der Waals surface area contributed by atoms with Crippen molar-refractivity contribution < 1.29 is 14.3 Å². The highest BCUT2D eigenvalue weighted by Gasteiger charge is 2.29. The summed E-state index contributed by atoms with van der Waals surface area (Å²) >= 11 is 0. The van der Waals surface area contributed by atoms with Gasteiger partial charge in [-0.15, -0.1) is 0 Å². The highest BCUT2D eigenvalue weighted by atomic mass is 16.5. The molecule has 0 bridgehead atoms. The van der Waals surface area contributed by atoms with E-state index in [4.69, 9.17) is 4.74 Å². The van der Waals surface area contributed by atoms with Crippen LogP contribution in [-0.2, 0) is 14.3 Å². The maximum atomic E-state index is 12.0. The lowest BCUT2D eigenvalue weighted by Gasteiger charge is -2.20. The molecule has 0 radical (unpaired) electrons. The molecule has 1 fully saturated rings. The third-order valence-corrected chi connectivity index (χ3v) is 3.86. The van der Waals surface area contributed by atoms with Gasteiger partial charge in [0, 0.05) is 30.0 Å². The number of fused-ring (bicyclic) bond motifs is 1. The Morgan fingerprint density at radius 2 is 2.29 bits per heavy atom. The number of aliphatic imine (C=N–C) groups is 1. The van der Waals surface area contributed by atoms with Gasteiger partial charge in [-0.1, -0.05) is 12.2 Å². The fourth-order valence-electron chi connectivity index (χ4n) is 2.44. The summed E-state index contributed by atoms with van der Waals surface area (Å²) < 4.78 is 5.14. The first-order chi connectivity index (χ1) is 10.2. The van der Waals surface area contributed by atoms with Crippen LogP contribution in [0.3, 0.4) is 0 Å². The zero-order valence-corrected chi connectivity index (χ0v) is 12.0. The second-order valence-corrected chi connectivity index (χ2v) is 5.48. The lowest BCUT2D eigenvalue weighted by molar-refractivity contribution is -0.122. The number of methoxy groups -OCH3 is 1. The Morgan fingerprint density at radius 1 is 1.48 bits per heavy atom. The van der Waals surface area contributed by atoms with Crippen LogP contribution >= 0.6 is 0 Å². The molecular weight excluding hydrogens is 268 g/mol. The lowest BCUT2D eigenvalue weighted by atomic mass is 9.91. The zero-order chi connectivity index (χ0) is 14.8. The van der Waals surface area contributed by atoms with Crippen LogP contribution in [0.25, 0.3) is 0 Å². The molecule has 1 saturated carbocycles. The van der Waals surface area contributed by atoms with E-state index in [1.807, 2.05) is 18.2 Å². The van der Waals surface area contributed by atoms with Crippen LogP contribution < -0.4 is 5.32 Å². The van der Waals surface area contributed by atoms with Crippen LogP contribution in [0.1, 0.15) is 19.3 Å². The minimum atomic E-state index is -0.219. The third kappa shape index (κ3) is 3.12. The van der Waals surface area contributed by atoms with Crippen molar-refractivity contribution in [2.24, 2.45) is 16.8 Å². The van der Waals surface area contributed by atoms with E-state index in [-0.39, 0.29) is 23.7 Å². The molecule has 3 aliphatic rings. The maximum Gasteiger partial charge on any atom is 0.272 e. The van der Waals surface area contributed by atoms with Crippen LogP contribution in [0.4, 0.5) is 0 Å². The number of allylic oxidation sites excluding steroid dienone is 4. The van der Waals surface area contributed by atoms with Gasteiger partial charge in [0.2, 0.25) is 5.91 Å². The molecule has 1 N–H and O–H groups in total. The Balaban J connectivity index is 1.59. The SMILES string of the molecule is COC1=CC2=NC(=O)C(CCNC(=O)C3CC3)=CC2C=C1. The van der Waals surface area contributed by atoms with Crippen LogP contribution in [0, 0.1) is 11.8 Å². The van der Waals surface area contributed by atoms with E-state index in [1.165, 1.54) is 0 Å². The molecule has 0 saturated heterocycles. The average molecular weight is 286 g/mol. The number of nitrogens with one attached hydrogen (secondary N) is 1. The molecule has 0 spiro atoms. The molecule has 3 rings (SSSR count). The smallest absolute Gasteiger partial charge is 0.272 e. The molecule has 0 aromatic heterocycles. The quantitative estimate of drug-likeness (QED) is 0.833. The first kappa shape index (κ1) is 13.8. The normalized spacial score (nSPS) is 23.8. The lowest BCUT2D eigenvalue weighted by Crippen LogP contribution is -2.28. The largest absolute Gasteiger partial charge is 0.497 e. The van der Waals surface area contributed by atoms with Crippen molar-refractivity contribution in [3.8, 4) is 0 Å². The first-order valence-electron chi connectivity index (χ1n) is 7.22. The number of nitrogens with zero attached hydrogens (tertiary/aromatic N) is 1. The van der Waals surface area contributed by atoms with Gasteiger partial charge < -0.3 is 10.1 Å². The summed E-state index contributed by atoms with van der Waals surface area (Å²) in [4.78, 5) is 27.7. The van der Waals surface area contributed by atoms with Crippen molar-refractivity contribution in [1.29, 1.82) is 0 Å². The molecule has 1 unspecified atom stereocenters. The topological polar surface area (TPSA) is 67.8 Å². The molecule has 21 heavy (non-hydrogen) atoms. The van der Waals surface area contributed by atoms with Crippen molar-refractivity contribution in [2.45, 2.75) is 19.3 Å². The molecule has 1 heterocycles. The minimum Gasteiger partial charge on any atom is -0.497 e. The highest BCUT2D eigenvalue weighted by Crippen LogP contribution is 2.29. The number of ether oxygens (including phenoxy) is 1. The van der Waals surface area contributed by atoms with Gasteiger partial charge in [0.05, 0.1) is 12.8 Å². The summed E-state index contributed by atoms with van der Waals surface area (Å²) in [5, 5.41) is 2.87. The highest BCUT2D eigenvalue weighted by molar-refractivity contribution is 6.13. The molecule has 2 aliphatic carbocycles. The van der Waals surface area contributed by atoms with Gasteiger partial charge in [-0.25, -0.2) is 4.99 Å². The minimum absolute atomic E-state index is 0.0238. The van der Waals surface area contributed by atoms with E-state index >= 15 is 0 Å². The van der Waals surface area contributed by atoms with Gasteiger partial charge in [0.15, 0.2) is 0 Å². The monoisotopic (exact) mass is 286 g/mol. The summed E-state index contributed by atoms with van der Waals surface area (Å²) in [6.45, 7) is 0.493. The van der Waals surface area contributed by atoms with Gasteiger partial charge in [-0.2, -0.15) is 0 Å². The predicted octanol–water partition coefficient (Wildman–Crippen LogP) is 1.53. The molecule has 1 aliphatic heterocycles. The van der Waals surface area contributed by atoms with Crippen molar-refractivity contribution in [2.75, 3.05) is 13.7 Å². The van der Waals surface area contributed by atoms with Gasteiger partial charge in [0.25, 0.3) is 5.91 Å². The summed E-state index contributed by atoms with van der Waals surface area (Å²) in [5.74, 6) is 0.809. The van der Waals surface area contributed by atoms with Crippen molar-refractivity contribution >= 4 is 17.5 Å². The fraction of sp³-hybridized carbons (Fsp3) is 0.438. The van der Waals surface area contributed by atoms with E-state index in [0.29, 0.717) is 30.0 Å². The molecule has 0 aromatic carbocycles. The second kappa shape index (κ2) is 5.68. The number of hydrogen-bond donors (Lipinski definition) is 1. The van der Waals surface area contributed by atoms with E-state index in [1.54, 1.807) is 13.2 Å². The Kier molecular flexibility index (Phi) is 3.73. The van der Waals surface area contributed by atoms with Gasteiger partial charge >= 0.3 is 0 Å². The van der Waals surface area contributed by atoms with E-state index in [0.717, 1.165) is 12.8 Å². The third-order valence-electron chi connectivity index (χ3n) is 3.86. The van der Waals surface area contributed by atoms with Crippen LogP contribution in [0.15, 0.2) is 40.6 Å². The molecular formula is C16H18N2O3. The maximum absolute atomic E-state index is 12.0. The van der Waals surface area contributed by atoms with Gasteiger partial charge in [0.1, 0.15) is 5.76 Å². The molecule has 110 valence electrons. The Labute approximate surface area is 123 Å². The van der Waals surface area contributed by atoms with Crippen LogP contribution in [0.2, 0.25) is 0 Å². The Hall–Kier alpha value is -2.17. The summed E-state index contributed by atoms with van der Waals surface area (Å²) in [6, 6.07) is 0. The Morgan fingerprint density at radius 3 is 3.00 bits per heavy atom. The van der Waals surface area contributed by atoms with E-state index < -0.39 is 0 Å². The zero-order valence-electron chi connectivity index (χ0n) is 12.0. The fourth-order valence-corrected chi connectivity index (χ4v) is 2.44. The van der Waals surface area contributed by atoms with E-state index in [2.05, 4.69) is 10.3 Å². The standard InChI is InChI=1S/C16H18N2O3/c1-21-13-5-4-11-8-12(16(20)18-14(11)9-13)6-7-17-15(19)10-2-3-10/h4-5,8-11H,2-3,6-7H2,1H3,(H,17,19). The number of dihydropyridines is 1. The Bertz CT molecular complexity index is 595. The molecule has 5 nitrogen and oxygen atoms in total. The van der Waals surface area contributed by atoms with Crippen LogP contribution in [-0.4, -0.2) is 31.2 Å². The molecule has 1 atom stereocenters. The predicted molar refractivity (Wildman–Crippen MR) is 78.6 cm³/mol. The van der Waals surface area contributed by atoms with Gasteiger partial charge in [-0.3, -0.25) is 9.59 Å². The van der Waals surface area contributed by atoms with Crippen molar-refractivity contribution in [1.82, 2.24) is 5.32 Å². The second-order valence-electron chi connectivity index (χ2n) is 5.48. The first-order valence-corrected chi connectivity index (χ1v) is 7.22. The van der Waals surface area contributed by atoms with Crippen molar-refractivity contribution in [3.05, 3.63) is 35.6 Å².